The fourth-order valence-corrected chi connectivity index (χ4v) is 3.99. The second-order valence-corrected chi connectivity index (χ2v) is 6.80. The number of aliphatic carboxylic acids is 1. The van der Waals surface area contributed by atoms with Gasteiger partial charge in [0.25, 0.3) is 0 Å². The number of amides is 2. The average molecular weight is 286 g/mol. The van der Waals surface area contributed by atoms with Gasteiger partial charge in [0.15, 0.2) is 0 Å². The number of rotatable bonds is 3. The van der Waals surface area contributed by atoms with Crippen LogP contribution in [0.1, 0.15) is 32.6 Å². The van der Waals surface area contributed by atoms with Crippen LogP contribution in [0.4, 0.5) is 4.79 Å². The zero-order chi connectivity index (χ0) is 13.9. The molecule has 19 heavy (non-hydrogen) atoms. The number of nitrogens with one attached hydrogen (secondary N) is 1. The van der Waals surface area contributed by atoms with Gasteiger partial charge in [-0.05, 0) is 50.0 Å². The Morgan fingerprint density at radius 1 is 1.42 bits per heavy atom. The molecule has 2 fully saturated rings. The highest BCUT2D eigenvalue weighted by Crippen LogP contribution is 2.29. The molecule has 2 aliphatic rings. The third kappa shape index (κ3) is 3.16. The lowest BCUT2D eigenvalue weighted by molar-refractivity contribution is -0.147. The van der Waals surface area contributed by atoms with Crippen LogP contribution in [-0.2, 0) is 4.79 Å². The second kappa shape index (κ2) is 6.03. The van der Waals surface area contributed by atoms with E-state index < -0.39 is 11.5 Å². The standard InChI is InChI=1S/C13H22N2O3S/c1-13(11(16)17)5-2-6-15(13)12(18)14-9-10-3-7-19-8-4-10/h10H,2-9H2,1H3,(H,14,18)(H,16,17). The van der Waals surface area contributed by atoms with Crippen molar-refractivity contribution in [3.63, 3.8) is 0 Å². The van der Waals surface area contributed by atoms with Gasteiger partial charge in [-0.1, -0.05) is 0 Å². The van der Waals surface area contributed by atoms with Crippen molar-refractivity contribution in [2.45, 2.75) is 38.1 Å². The molecule has 0 bridgehead atoms. The molecule has 1 unspecified atom stereocenters. The predicted molar refractivity (Wildman–Crippen MR) is 75.4 cm³/mol. The quantitative estimate of drug-likeness (QED) is 0.829. The summed E-state index contributed by atoms with van der Waals surface area (Å²) in [5, 5.41) is 12.2. The molecule has 2 saturated heterocycles. The van der Waals surface area contributed by atoms with E-state index >= 15 is 0 Å². The van der Waals surface area contributed by atoms with Gasteiger partial charge in [0.2, 0.25) is 0 Å². The van der Waals surface area contributed by atoms with E-state index in [0.29, 0.717) is 25.4 Å². The van der Waals surface area contributed by atoms with E-state index in [1.165, 1.54) is 4.90 Å². The predicted octanol–water partition coefficient (Wildman–Crippen LogP) is 1.78. The highest BCUT2D eigenvalue weighted by Gasteiger charge is 2.45. The summed E-state index contributed by atoms with van der Waals surface area (Å²) in [5.74, 6) is 1.96. The Kier molecular flexibility index (Phi) is 4.60. The van der Waals surface area contributed by atoms with Crippen molar-refractivity contribution >= 4 is 23.8 Å². The molecule has 0 aromatic heterocycles. The van der Waals surface area contributed by atoms with Crippen molar-refractivity contribution < 1.29 is 14.7 Å². The molecule has 2 aliphatic heterocycles. The maximum absolute atomic E-state index is 12.2. The zero-order valence-electron chi connectivity index (χ0n) is 11.4. The minimum Gasteiger partial charge on any atom is -0.480 e. The van der Waals surface area contributed by atoms with Gasteiger partial charge < -0.3 is 15.3 Å². The number of urea groups is 1. The van der Waals surface area contributed by atoms with Crippen LogP contribution < -0.4 is 5.32 Å². The van der Waals surface area contributed by atoms with Crippen LogP contribution in [-0.4, -0.2) is 52.1 Å². The monoisotopic (exact) mass is 286 g/mol. The van der Waals surface area contributed by atoms with E-state index in [1.807, 2.05) is 11.8 Å². The maximum Gasteiger partial charge on any atom is 0.329 e. The van der Waals surface area contributed by atoms with E-state index in [4.69, 9.17) is 0 Å². The smallest absolute Gasteiger partial charge is 0.329 e. The number of hydrogen-bond donors (Lipinski definition) is 2. The first kappa shape index (κ1) is 14.5. The Labute approximate surface area is 118 Å². The van der Waals surface area contributed by atoms with Crippen molar-refractivity contribution in [3.8, 4) is 0 Å². The highest BCUT2D eigenvalue weighted by atomic mass is 32.2. The Morgan fingerprint density at radius 2 is 2.11 bits per heavy atom. The molecule has 0 radical (unpaired) electrons. The Morgan fingerprint density at radius 3 is 2.74 bits per heavy atom. The first-order valence-corrected chi connectivity index (χ1v) is 8.06. The van der Waals surface area contributed by atoms with Crippen LogP contribution >= 0.6 is 11.8 Å². The van der Waals surface area contributed by atoms with E-state index in [0.717, 1.165) is 30.8 Å². The lowest BCUT2D eigenvalue weighted by atomic mass is 9.99. The third-order valence-electron chi connectivity index (χ3n) is 4.23. The number of nitrogens with zero attached hydrogens (tertiary/aromatic N) is 1. The summed E-state index contributed by atoms with van der Waals surface area (Å²) in [6.45, 7) is 2.85. The largest absolute Gasteiger partial charge is 0.480 e. The van der Waals surface area contributed by atoms with Crippen molar-refractivity contribution in [3.05, 3.63) is 0 Å². The molecule has 6 heteroatoms. The summed E-state index contributed by atoms with van der Waals surface area (Å²) in [5.41, 5.74) is -1.04. The summed E-state index contributed by atoms with van der Waals surface area (Å²) in [6.07, 6.45) is 3.58. The van der Waals surface area contributed by atoms with Crippen LogP contribution in [0.5, 0.6) is 0 Å². The lowest BCUT2D eigenvalue weighted by Gasteiger charge is -2.32. The van der Waals surface area contributed by atoms with Crippen LogP contribution in [0, 0.1) is 5.92 Å². The average Bonchev–Trinajstić information content (AvgIpc) is 2.81. The summed E-state index contributed by atoms with van der Waals surface area (Å²) >= 11 is 1.96. The molecule has 2 heterocycles. The number of carboxylic acids is 1. The van der Waals surface area contributed by atoms with Gasteiger partial charge >= 0.3 is 12.0 Å². The third-order valence-corrected chi connectivity index (χ3v) is 5.28. The van der Waals surface area contributed by atoms with Crippen LogP contribution in [0.15, 0.2) is 0 Å². The SMILES string of the molecule is CC1(C(=O)O)CCCN1C(=O)NCC1CCSCC1. The van der Waals surface area contributed by atoms with E-state index in [2.05, 4.69) is 5.32 Å². The molecule has 1 atom stereocenters. The van der Waals surface area contributed by atoms with Crippen molar-refractivity contribution in [1.82, 2.24) is 10.2 Å². The summed E-state index contributed by atoms with van der Waals surface area (Å²) < 4.78 is 0. The van der Waals surface area contributed by atoms with E-state index in [1.54, 1.807) is 6.92 Å². The number of carbonyl (C=O) groups is 2. The molecule has 0 saturated carbocycles. The minimum absolute atomic E-state index is 0.222. The Bertz CT molecular complexity index is 358. The summed E-state index contributed by atoms with van der Waals surface area (Å²) in [6, 6.07) is -0.222. The van der Waals surface area contributed by atoms with Crippen LogP contribution in [0.25, 0.3) is 0 Å². The van der Waals surface area contributed by atoms with Crippen molar-refractivity contribution in [1.29, 1.82) is 0 Å². The van der Waals surface area contributed by atoms with Gasteiger partial charge in [-0.3, -0.25) is 0 Å². The molecule has 0 aromatic carbocycles. The van der Waals surface area contributed by atoms with Crippen LogP contribution in [0.2, 0.25) is 0 Å². The fourth-order valence-electron chi connectivity index (χ4n) is 2.79. The first-order valence-electron chi connectivity index (χ1n) is 6.90. The fraction of sp³-hybridized carbons (Fsp3) is 0.846. The van der Waals surface area contributed by atoms with E-state index in [9.17, 15) is 14.7 Å². The molecular formula is C13H22N2O3S. The number of thioether (sulfide) groups is 1. The number of hydrogen-bond acceptors (Lipinski definition) is 3. The molecule has 2 N–H and O–H groups in total. The van der Waals surface area contributed by atoms with Gasteiger partial charge in [-0.25, -0.2) is 9.59 Å². The molecule has 2 rings (SSSR count). The Balaban J connectivity index is 1.87. The van der Waals surface area contributed by atoms with Crippen LogP contribution in [0.3, 0.4) is 0 Å². The Hall–Kier alpha value is -0.910. The van der Waals surface area contributed by atoms with Gasteiger partial charge in [0.1, 0.15) is 5.54 Å². The molecule has 108 valence electrons. The second-order valence-electron chi connectivity index (χ2n) is 5.58. The van der Waals surface area contributed by atoms with Crippen molar-refractivity contribution in [2.75, 3.05) is 24.6 Å². The van der Waals surface area contributed by atoms with Gasteiger partial charge in [-0.15, -0.1) is 0 Å². The molecule has 5 nitrogen and oxygen atoms in total. The highest BCUT2D eigenvalue weighted by molar-refractivity contribution is 7.99. The lowest BCUT2D eigenvalue weighted by Crippen LogP contribution is -2.54. The topological polar surface area (TPSA) is 69.6 Å². The summed E-state index contributed by atoms with van der Waals surface area (Å²) in [7, 11) is 0. The zero-order valence-corrected chi connectivity index (χ0v) is 12.2. The number of likely N-dealkylation sites (tertiary alicyclic amines) is 1. The normalized spacial score (nSPS) is 28.4. The number of carbonyl (C=O) groups excluding carboxylic acids is 1. The van der Waals surface area contributed by atoms with Gasteiger partial charge in [0.05, 0.1) is 0 Å². The number of carboxylic acid groups (broad SMARTS) is 1. The minimum atomic E-state index is -1.04. The summed E-state index contributed by atoms with van der Waals surface area (Å²) in [4.78, 5) is 25.0. The van der Waals surface area contributed by atoms with E-state index in [-0.39, 0.29) is 6.03 Å². The maximum atomic E-state index is 12.2. The first-order chi connectivity index (χ1) is 9.04. The van der Waals surface area contributed by atoms with Crippen molar-refractivity contribution in [2.24, 2.45) is 5.92 Å². The molecule has 2 amide bonds. The molecule has 0 aliphatic carbocycles. The molecular weight excluding hydrogens is 264 g/mol. The van der Waals surface area contributed by atoms with Gasteiger partial charge in [0, 0.05) is 13.1 Å². The molecule has 0 aromatic rings. The van der Waals surface area contributed by atoms with Gasteiger partial charge in [-0.2, -0.15) is 11.8 Å². The molecule has 0 spiro atoms.